The summed E-state index contributed by atoms with van der Waals surface area (Å²) in [5.74, 6) is 0.805. The van der Waals surface area contributed by atoms with Crippen LogP contribution >= 0.6 is 0 Å². The smallest absolute Gasteiger partial charge is 0.122 e. The molecule has 0 radical (unpaired) electrons. The molecular weight excluding hydrogens is 184 g/mol. The van der Waals surface area contributed by atoms with Crippen LogP contribution in [-0.2, 0) is 6.42 Å². The molecule has 2 heteroatoms. The van der Waals surface area contributed by atoms with Crippen LogP contribution in [-0.4, -0.2) is 5.84 Å². The van der Waals surface area contributed by atoms with Gasteiger partial charge in [-0.2, -0.15) is 0 Å². The van der Waals surface area contributed by atoms with Crippen LogP contribution in [0.3, 0.4) is 0 Å². The molecule has 15 heavy (non-hydrogen) atoms. The molecule has 0 aliphatic heterocycles. The fourth-order valence-corrected chi connectivity index (χ4v) is 1.29. The average Bonchev–Trinajstić information content (AvgIpc) is 2.20. The molecule has 0 spiro atoms. The van der Waals surface area contributed by atoms with Crippen molar-refractivity contribution in [3.8, 4) is 0 Å². The zero-order chi connectivity index (χ0) is 11.8. The summed E-state index contributed by atoms with van der Waals surface area (Å²) >= 11 is 0. The molecule has 3 N–H and O–H groups in total. The zero-order valence-corrected chi connectivity index (χ0v) is 10.2. The molecule has 0 unspecified atom stereocenters. The average molecular weight is 206 g/mol. The zero-order valence-electron chi connectivity index (χ0n) is 10.2. The first-order valence-electron chi connectivity index (χ1n) is 5.53. The predicted octanol–water partition coefficient (Wildman–Crippen LogP) is 3.20. The van der Waals surface area contributed by atoms with E-state index in [2.05, 4.69) is 13.8 Å². The number of hydrogen-bond acceptors (Lipinski definition) is 1. The molecule has 1 aromatic rings. The molecule has 0 atom stereocenters. The van der Waals surface area contributed by atoms with Crippen LogP contribution in [0.1, 0.15) is 38.8 Å². The lowest BCUT2D eigenvalue weighted by Crippen LogP contribution is -2.10. The number of nitrogens with two attached hydrogens (primary N) is 1. The summed E-state index contributed by atoms with van der Waals surface area (Å²) in [6.07, 6.45) is 1.08. The van der Waals surface area contributed by atoms with Crippen LogP contribution in [0.2, 0.25) is 0 Å². The molecule has 0 bridgehead atoms. The van der Waals surface area contributed by atoms with Crippen LogP contribution in [0.5, 0.6) is 0 Å². The predicted molar refractivity (Wildman–Crippen MR) is 67.3 cm³/mol. The maximum atomic E-state index is 7.23. The van der Waals surface area contributed by atoms with Gasteiger partial charge in [0.25, 0.3) is 0 Å². The normalized spacial score (nSPS) is 9.40. The number of hydrogen-bond donors (Lipinski definition) is 2. The second kappa shape index (κ2) is 7.04. The highest BCUT2D eigenvalue weighted by molar-refractivity contribution is 5.94. The van der Waals surface area contributed by atoms with Crippen LogP contribution in [0, 0.1) is 11.3 Å². The van der Waals surface area contributed by atoms with Gasteiger partial charge >= 0.3 is 0 Å². The molecule has 2 nitrogen and oxygen atoms in total. The molecule has 84 valence electrons. The summed E-state index contributed by atoms with van der Waals surface area (Å²) in [4.78, 5) is 0. The van der Waals surface area contributed by atoms with E-state index in [1.54, 1.807) is 0 Å². The maximum absolute atomic E-state index is 7.23. The summed E-state index contributed by atoms with van der Waals surface area (Å²) < 4.78 is 0. The van der Waals surface area contributed by atoms with Gasteiger partial charge in [-0.25, -0.2) is 0 Å². The van der Waals surface area contributed by atoms with Gasteiger partial charge in [-0.15, -0.1) is 0 Å². The quantitative estimate of drug-likeness (QED) is 0.579. The van der Waals surface area contributed by atoms with E-state index in [-0.39, 0.29) is 5.84 Å². The molecule has 0 aliphatic carbocycles. The van der Waals surface area contributed by atoms with Crippen molar-refractivity contribution in [3.05, 3.63) is 35.4 Å². The van der Waals surface area contributed by atoms with Crippen molar-refractivity contribution in [2.24, 2.45) is 11.7 Å². The Morgan fingerprint density at radius 1 is 1.20 bits per heavy atom. The number of nitrogen functional groups attached to an aromatic ring is 1. The van der Waals surface area contributed by atoms with Gasteiger partial charge in [0, 0.05) is 5.56 Å². The molecular formula is C13H22N2. The highest BCUT2D eigenvalue weighted by Gasteiger charge is 1.99. The SMILES string of the molecule is CC.CC(C)Cc1ccc(C(=N)N)cc1. The molecule has 0 saturated heterocycles. The van der Waals surface area contributed by atoms with Gasteiger partial charge < -0.3 is 5.73 Å². The summed E-state index contributed by atoms with van der Waals surface area (Å²) in [6, 6.07) is 7.88. The maximum Gasteiger partial charge on any atom is 0.122 e. The van der Waals surface area contributed by atoms with Crippen LogP contribution in [0.15, 0.2) is 24.3 Å². The van der Waals surface area contributed by atoms with Crippen molar-refractivity contribution in [2.75, 3.05) is 0 Å². The van der Waals surface area contributed by atoms with Crippen molar-refractivity contribution in [1.29, 1.82) is 5.41 Å². The summed E-state index contributed by atoms with van der Waals surface area (Å²) in [7, 11) is 0. The van der Waals surface area contributed by atoms with Crippen molar-refractivity contribution >= 4 is 5.84 Å². The number of rotatable bonds is 3. The van der Waals surface area contributed by atoms with Crippen molar-refractivity contribution in [3.63, 3.8) is 0 Å². The van der Waals surface area contributed by atoms with Crippen LogP contribution in [0.25, 0.3) is 0 Å². The molecule has 0 aromatic heterocycles. The molecule has 0 aliphatic rings. The van der Waals surface area contributed by atoms with Crippen molar-refractivity contribution < 1.29 is 0 Å². The van der Waals surface area contributed by atoms with E-state index in [1.807, 2.05) is 38.1 Å². The minimum Gasteiger partial charge on any atom is -0.384 e. The number of nitrogens with one attached hydrogen (secondary N) is 1. The van der Waals surface area contributed by atoms with E-state index >= 15 is 0 Å². The Labute approximate surface area is 93.0 Å². The van der Waals surface area contributed by atoms with Gasteiger partial charge in [0.2, 0.25) is 0 Å². The molecule has 0 heterocycles. The third kappa shape index (κ3) is 5.21. The van der Waals surface area contributed by atoms with E-state index < -0.39 is 0 Å². The third-order valence-electron chi connectivity index (χ3n) is 1.91. The van der Waals surface area contributed by atoms with E-state index in [0.29, 0.717) is 5.92 Å². The Morgan fingerprint density at radius 2 is 1.67 bits per heavy atom. The first-order valence-corrected chi connectivity index (χ1v) is 5.53. The Balaban J connectivity index is 0.000000921. The van der Waals surface area contributed by atoms with Gasteiger partial charge in [0.15, 0.2) is 0 Å². The van der Waals surface area contributed by atoms with Crippen LogP contribution in [0.4, 0.5) is 0 Å². The monoisotopic (exact) mass is 206 g/mol. The van der Waals surface area contributed by atoms with E-state index in [1.165, 1.54) is 5.56 Å². The fraction of sp³-hybridized carbons (Fsp3) is 0.462. The Bertz CT molecular complexity index is 286. The van der Waals surface area contributed by atoms with E-state index in [9.17, 15) is 0 Å². The summed E-state index contributed by atoms with van der Waals surface area (Å²) in [6.45, 7) is 8.39. The minimum absolute atomic E-state index is 0.135. The first-order chi connectivity index (χ1) is 7.09. The molecule has 1 rings (SSSR count). The number of amidine groups is 1. The Morgan fingerprint density at radius 3 is 2.00 bits per heavy atom. The lowest BCUT2D eigenvalue weighted by molar-refractivity contribution is 0.647. The molecule has 0 saturated carbocycles. The minimum atomic E-state index is 0.135. The van der Waals surface area contributed by atoms with Gasteiger partial charge in [-0.1, -0.05) is 52.0 Å². The third-order valence-corrected chi connectivity index (χ3v) is 1.91. The lowest BCUT2D eigenvalue weighted by Gasteiger charge is -2.05. The highest BCUT2D eigenvalue weighted by atomic mass is 14.7. The van der Waals surface area contributed by atoms with Crippen LogP contribution < -0.4 is 5.73 Å². The first kappa shape index (κ1) is 13.7. The van der Waals surface area contributed by atoms with Gasteiger partial charge in [-0.3, -0.25) is 5.41 Å². The van der Waals surface area contributed by atoms with Crippen molar-refractivity contribution in [1.82, 2.24) is 0 Å². The van der Waals surface area contributed by atoms with Gasteiger partial charge in [0.1, 0.15) is 5.84 Å². The highest BCUT2D eigenvalue weighted by Crippen LogP contribution is 2.09. The Kier molecular flexibility index (Phi) is 6.43. The van der Waals surface area contributed by atoms with Crippen molar-refractivity contribution in [2.45, 2.75) is 34.1 Å². The summed E-state index contributed by atoms with van der Waals surface area (Å²) in [5, 5.41) is 7.23. The fourth-order valence-electron chi connectivity index (χ4n) is 1.29. The largest absolute Gasteiger partial charge is 0.384 e. The van der Waals surface area contributed by atoms with Gasteiger partial charge in [-0.05, 0) is 17.9 Å². The van der Waals surface area contributed by atoms with Gasteiger partial charge in [0.05, 0.1) is 0 Å². The molecule has 0 amide bonds. The summed E-state index contributed by atoms with van der Waals surface area (Å²) in [5.41, 5.74) is 7.45. The Hall–Kier alpha value is -1.31. The van der Waals surface area contributed by atoms with E-state index in [4.69, 9.17) is 11.1 Å². The topological polar surface area (TPSA) is 49.9 Å². The lowest BCUT2D eigenvalue weighted by atomic mass is 10.0. The molecule has 1 aromatic carbocycles. The number of benzene rings is 1. The molecule has 0 fully saturated rings. The second-order valence-electron chi connectivity index (χ2n) is 3.71. The standard InChI is InChI=1S/C11H16N2.C2H6/c1-8(2)7-9-3-5-10(6-4-9)11(12)13;1-2/h3-6,8H,7H2,1-2H3,(H3,12,13);1-2H3. The second-order valence-corrected chi connectivity index (χ2v) is 3.71. The van der Waals surface area contributed by atoms with E-state index in [0.717, 1.165) is 12.0 Å².